The predicted molar refractivity (Wildman–Crippen MR) is 98.7 cm³/mol. The summed E-state index contributed by atoms with van der Waals surface area (Å²) >= 11 is 0. The lowest BCUT2D eigenvalue weighted by Crippen LogP contribution is -2.44. The van der Waals surface area contributed by atoms with Gasteiger partial charge in [-0.15, -0.1) is 0 Å². The van der Waals surface area contributed by atoms with Gasteiger partial charge in [-0.05, 0) is 47.0 Å². The van der Waals surface area contributed by atoms with Crippen LogP contribution in [0.4, 0.5) is 0 Å². The molecule has 0 aliphatic heterocycles. The zero-order chi connectivity index (χ0) is 23.0. The lowest BCUT2D eigenvalue weighted by atomic mass is 9.65. The van der Waals surface area contributed by atoms with Crippen molar-refractivity contribution in [1.29, 1.82) is 0 Å². The molecule has 0 fully saturated rings. The third kappa shape index (κ3) is 7.71. The maximum Gasteiger partial charge on any atom is 0.344 e. The van der Waals surface area contributed by atoms with Gasteiger partial charge in [0, 0.05) is 0 Å². The lowest BCUT2D eigenvalue weighted by Gasteiger charge is -2.39. The van der Waals surface area contributed by atoms with Gasteiger partial charge in [-0.1, -0.05) is 6.92 Å². The fraction of sp³-hybridized carbons (Fsp3) is 0.737. The van der Waals surface area contributed by atoms with E-state index in [4.69, 9.17) is 14.6 Å². The molecular formula is C19H30O10. The maximum absolute atomic E-state index is 12.7. The molecule has 2 unspecified atom stereocenters. The number of aliphatic carboxylic acids is 2. The molecule has 0 aromatic carbocycles. The second-order valence-corrected chi connectivity index (χ2v) is 8.14. The molecule has 0 aromatic heterocycles. The highest BCUT2D eigenvalue weighted by Crippen LogP contribution is 2.45. The molecule has 0 aromatic rings. The highest BCUT2D eigenvalue weighted by atomic mass is 16.6. The summed E-state index contributed by atoms with van der Waals surface area (Å²) in [6.07, 6.45) is -0.179. The number of carboxylic acid groups (broad SMARTS) is 2. The second-order valence-electron chi connectivity index (χ2n) is 8.14. The number of esters is 3. The van der Waals surface area contributed by atoms with Crippen LogP contribution < -0.4 is 0 Å². The summed E-state index contributed by atoms with van der Waals surface area (Å²) in [4.78, 5) is 58.9. The summed E-state index contributed by atoms with van der Waals surface area (Å²) < 4.78 is 14.2. The highest BCUT2D eigenvalue weighted by molar-refractivity contribution is 5.84. The van der Waals surface area contributed by atoms with Crippen LogP contribution >= 0.6 is 0 Å². The molecule has 0 saturated carbocycles. The van der Waals surface area contributed by atoms with Crippen molar-refractivity contribution >= 4 is 29.8 Å². The maximum atomic E-state index is 12.7. The number of ether oxygens (including phenoxy) is 3. The van der Waals surface area contributed by atoms with Crippen molar-refractivity contribution in [2.75, 3.05) is 20.3 Å². The first-order valence-electron chi connectivity index (χ1n) is 9.00. The Morgan fingerprint density at radius 1 is 0.793 bits per heavy atom. The molecule has 2 N–H and O–H groups in total. The van der Waals surface area contributed by atoms with E-state index in [2.05, 4.69) is 4.74 Å². The Morgan fingerprint density at radius 2 is 1.28 bits per heavy atom. The van der Waals surface area contributed by atoms with Crippen molar-refractivity contribution in [3.8, 4) is 0 Å². The molecule has 10 nitrogen and oxygen atoms in total. The molecule has 0 bridgehead atoms. The average molecular weight is 418 g/mol. The van der Waals surface area contributed by atoms with Crippen LogP contribution in [0, 0.1) is 16.2 Å². The van der Waals surface area contributed by atoms with E-state index in [-0.39, 0.29) is 19.3 Å². The van der Waals surface area contributed by atoms with Crippen molar-refractivity contribution in [3.05, 3.63) is 0 Å². The van der Waals surface area contributed by atoms with E-state index in [1.807, 2.05) is 0 Å². The number of hydrogen-bond donors (Lipinski definition) is 2. The van der Waals surface area contributed by atoms with Gasteiger partial charge in [0.05, 0.1) is 23.4 Å². The molecular weight excluding hydrogens is 388 g/mol. The zero-order valence-electron chi connectivity index (χ0n) is 17.7. The number of carbonyl (C=O) groups is 5. The van der Waals surface area contributed by atoms with E-state index in [1.54, 1.807) is 6.92 Å². The van der Waals surface area contributed by atoms with Gasteiger partial charge in [0.25, 0.3) is 0 Å². The largest absolute Gasteiger partial charge is 0.481 e. The van der Waals surface area contributed by atoms with Crippen LogP contribution in [0.5, 0.6) is 0 Å². The summed E-state index contributed by atoms with van der Waals surface area (Å²) in [6, 6.07) is 0. The molecule has 0 amide bonds. The van der Waals surface area contributed by atoms with Crippen LogP contribution in [-0.4, -0.2) is 60.4 Å². The van der Waals surface area contributed by atoms with Gasteiger partial charge in [0.15, 0.2) is 13.2 Å². The lowest BCUT2D eigenvalue weighted by molar-refractivity contribution is -0.173. The van der Waals surface area contributed by atoms with E-state index in [0.717, 1.165) is 7.11 Å². The number of methoxy groups -OCH3 is 1. The summed E-state index contributed by atoms with van der Waals surface area (Å²) in [5.74, 6) is -4.99. The quantitative estimate of drug-likeness (QED) is 0.353. The highest BCUT2D eigenvalue weighted by Gasteiger charge is 2.49. The van der Waals surface area contributed by atoms with Gasteiger partial charge in [-0.2, -0.15) is 0 Å². The van der Waals surface area contributed by atoms with Crippen molar-refractivity contribution < 1.29 is 48.4 Å². The summed E-state index contributed by atoms with van der Waals surface area (Å²) in [6.45, 7) is 5.94. The molecule has 10 heteroatoms. The number of carbonyl (C=O) groups excluding carboxylic acids is 3. The molecule has 0 aliphatic carbocycles. The fourth-order valence-corrected chi connectivity index (χ4v) is 3.12. The van der Waals surface area contributed by atoms with E-state index in [0.29, 0.717) is 0 Å². The molecule has 0 saturated heterocycles. The Kier molecular flexibility index (Phi) is 9.29. The third-order valence-corrected chi connectivity index (χ3v) is 4.83. The Hall–Kier alpha value is -2.65. The van der Waals surface area contributed by atoms with E-state index < -0.39 is 59.3 Å². The van der Waals surface area contributed by atoms with Crippen LogP contribution in [0.15, 0.2) is 0 Å². The predicted octanol–water partition coefficient (Wildman–Crippen LogP) is 1.64. The minimum absolute atomic E-state index is 0.175. The number of carboxylic acids is 2. The molecule has 166 valence electrons. The molecule has 0 spiro atoms. The minimum Gasteiger partial charge on any atom is -0.481 e. The minimum atomic E-state index is -1.51. The first-order chi connectivity index (χ1) is 13.1. The van der Waals surface area contributed by atoms with Crippen LogP contribution in [0.2, 0.25) is 0 Å². The Balaban J connectivity index is 5.81. The van der Waals surface area contributed by atoms with Gasteiger partial charge >= 0.3 is 29.8 Å². The molecule has 29 heavy (non-hydrogen) atoms. The van der Waals surface area contributed by atoms with Gasteiger partial charge < -0.3 is 24.4 Å². The fourth-order valence-electron chi connectivity index (χ4n) is 3.12. The van der Waals surface area contributed by atoms with Crippen molar-refractivity contribution in [2.45, 2.75) is 53.9 Å². The Morgan fingerprint density at radius 3 is 1.69 bits per heavy atom. The SMILES string of the molecule is CCC(C)(CC(C)(CC(C)(C)C(=O)O)C(=O)OCC(=O)O)C(=O)OCC(=O)OC. The molecule has 0 heterocycles. The van der Waals surface area contributed by atoms with Gasteiger partial charge in [-0.25, -0.2) is 9.59 Å². The average Bonchev–Trinajstić information content (AvgIpc) is 2.62. The van der Waals surface area contributed by atoms with Crippen LogP contribution in [0.25, 0.3) is 0 Å². The molecule has 0 radical (unpaired) electrons. The third-order valence-electron chi connectivity index (χ3n) is 4.83. The smallest absolute Gasteiger partial charge is 0.344 e. The first kappa shape index (κ1) is 26.4. The van der Waals surface area contributed by atoms with E-state index >= 15 is 0 Å². The van der Waals surface area contributed by atoms with Crippen molar-refractivity contribution in [2.24, 2.45) is 16.2 Å². The van der Waals surface area contributed by atoms with Gasteiger partial charge in [-0.3, -0.25) is 14.4 Å². The van der Waals surface area contributed by atoms with Crippen LogP contribution in [0.3, 0.4) is 0 Å². The topological polar surface area (TPSA) is 154 Å². The zero-order valence-corrected chi connectivity index (χ0v) is 17.7. The van der Waals surface area contributed by atoms with Crippen molar-refractivity contribution in [3.63, 3.8) is 0 Å². The van der Waals surface area contributed by atoms with Crippen LogP contribution in [-0.2, 0) is 38.2 Å². The molecule has 0 rings (SSSR count). The standard InChI is InChI=1S/C19H30O10/c1-7-18(4,15(25)29-9-13(22)27-6)11-19(5,10-17(2,3)14(23)24)16(26)28-8-12(20)21/h7-11H2,1-6H3,(H,20,21)(H,23,24). The summed E-state index contributed by atoms with van der Waals surface area (Å²) in [5, 5.41) is 18.2. The molecule has 0 aliphatic rings. The Labute approximate surface area is 169 Å². The number of rotatable bonds is 12. The normalized spacial score (nSPS) is 15.4. The Bertz CT molecular complexity index is 653. The summed E-state index contributed by atoms with van der Waals surface area (Å²) in [5.41, 5.74) is -4.13. The first-order valence-corrected chi connectivity index (χ1v) is 9.00. The van der Waals surface area contributed by atoms with Crippen molar-refractivity contribution in [1.82, 2.24) is 0 Å². The number of hydrogen-bond acceptors (Lipinski definition) is 8. The van der Waals surface area contributed by atoms with Gasteiger partial charge in [0.2, 0.25) is 0 Å². The second kappa shape index (κ2) is 10.2. The van der Waals surface area contributed by atoms with E-state index in [1.165, 1.54) is 27.7 Å². The van der Waals surface area contributed by atoms with Gasteiger partial charge in [0.1, 0.15) is 0 Å². The molecule has 2 atom stereocenters. The summed E-state index contributed by atoms with van der Waals surface area (Å²) in [7, 11) is 1.14. The van der Waals surface area contributed by atoms with E-state index in [9.17, 15) is 29.1 Å². The van der Waals surface area contributed by atoms with Crippen LogP contribution in [0.1, 0.15) is 53.9 Å². The monoisotopic (exact) mass is 418 g/mol.